The maximum atomic E-state index is 12.3. The summed E-state index contributed by atoms with van der Waals surface area (Å²) in [5, 5.41) is 19.3. The fourth-order valence-electron chi connectivity index (χ4n) is 1.58. The highest BCUT2D eigenvalue weighted by Gasteiger charge is 2.25. The third-order valence-corrected chi connectivity index (χ3v) is 4.56. The predicted octanol–water partition coefficient (Wildman–Crippen LogP) is 1.08. The second-order valence-electron chi connectivity index (χ2n) is 3.89. The molecule has 0 aliphatic heterocycles. The van der Waals surface area contributed by atoms with Crippen molar-refractivity contribution < 1.29 is 23.2 Å². The van der Waals surface area contributed by atoms with Gasteiger partial charge in [0, 0.05) is 25.2 Å². The molecule has 0 fully saturated rings. The molecule has 0 saturated heterocycles. The minimum absolute atomic E-state index is 0.0817. The van der Waals surface area contributed by atoms with Crippen molar-refractivity contribution in [3.05, 3.63) is 34.4 Å². The van der Waals surface area contributed by atoms with E-state index in [1.54, 1.807) is 6.92 Å². The molecule has 0 spiro atoms. The Morgan fingerprint density at radius 1 is 1.45 bits per heavy atom. The third-order valence-electron chi connectivity index (χ3n) is 2.59. The highest BCUT2D eigenvalue weighted by atomic mass is 32.2. The van der Waals surface area contributed by atoms with Crippen molar-refractivity contribution in [3.8, 4) is 0 Å². The highest BCUT2D eigenvalue weighted by molar-refractivity contribution is 7.89. The molecule has 1 N–H and O–H groups in total. The summed E-state index contributed by atoms with van der Waals surface area (Å²) in [5.74, 6) is -1.11. The molecule has 1 rings (SSSR count). The Balaban J connectivity index is 3.10. The van der Waals surface area contributed by atoms with Gasteiger partial charge in [-0.3, -0.25) is 14.9 Å². The molecule has 110 valence electrons. The maximum Gasteiger partial charge on any atom is 0.304 e. The largest absolute Gasteiger partial charge is 0.481 e. The normalized spacial score (nSPS) is 11.5. The first-order valence-corrected chi connectivity index (χ1v) is 7.19. The van der Waals surface area contributed by atoms with Crippen LogP contribution >= 0.6 is 0 Å². The molecule has 0 aliphatic rings. The zero-order chi connectivity index (χ0) is 15.3. The fraction of sp³-hybridized carbons (Fsp3) is 0.364. The van der Waals surface area contributed by atoms with Crippen LogP contribution in [0.2, 0.25) is 0 Å². The second-order valence-corrected chi connectivity index (χ2v) is 5.83. The lowest BCUT2D eigenvalue weighted by atomic mass is 10.3. The van der Waals surface area contributed by atoms with Crippen LogP contribution in [0.15, 0.2) is 29.2 Å². The summed E-state index contributed by atoms with van der Waals surface area (Å²) in [6, 6.07) is 4.66. The number of nitro benzene ring substituents is 1. The first kappa shape index (κ1) is 16.1. The number of benzene rings is 1. The summed E-state index contributed by atoms with van der Waals surface area (Å²) in [6.07, 6.45) is -0.331. The SMILES string of the molecule is CCN(CCC(=O)O)S(=O)(=O)c1cccc([N+](=O)[O-])c1. The molecule has 20 heavy (non-hydrogen) atoms. The van der Waals surface area contributed by atoms with Crippen LogP contribution < -0.4 is 0 Å². The molecular formula is C11H14N2O6S. The molecule has 0 aliphatic carbocycles. The minimum atomic E-state index is -3.94. The lowest BCUT2D eigenvalue weighted by molar-refractivity contribution is -0.385. The highest BCUT2D eigenvalue weighted by Crippen LogP contribution is 2.20. The lowest BCUT2D eigenvalue weighted by Crippen LogP contribution is -2.32. The van der Waals surface area contributed by atoms with E-state index in [1.807, 2.05) is 0 Å². The Labute approximate surface area is 115 Å². The van der Waals surface area contributed by atoms with Gasteiger partial charge in [-0.15, -0.1) is 0 Å². The van der Waals surface area contributed by atoms with Crippen LogP contribution in [-0.2, 0) is 14.8 Å². The molecule has 1 aromatic carbocycles. The fourth-order valence-corrected chi connectivity index (χ4v) is 3.07. The summed E-state index contributed by atoms with van der Waals surface area (Å²) >= 11 is 0. The molecule has 8 nitrogen and oxygen atoms in total. The van der Waals surface area contributed by atoms with E-state index >= 15 is 0 Å². The smallest absolute Gasteiger partial charge is 0.304 e. The van der Waals surface area contributed by atoms with Crippen molar-refractivity contribution >= 4 is 21.7 Å². The summed E-state index contributed by atoms with van der Waals surface area (Å²) in [6.45, 7) is 1.46. The molecule has 9 heteroatoms. The lowest BCUT2D eigenvalue weighted by Gasteiger charge is -2.19. The van der Waals surface area contributed by atoms with Crippen LogP contribution in [0, 0.1) is 10.1 Å². The number of nitrogens with zero attached hydrogens (tertiary/aromatic N) is 2. The Hall–Kier alpha value is -2.00. The standard InChI is InChI=1S/C11H14N2O6S/c1-2-12(7-6-11(14)15)20(18,19)10-5-3-4-9(8-10)13(16)17/h3-5,8H,2,6-7H2,1H3,(H,14,15). The molecule has 0 bridgehead atoms. The number of nitro groups is 1. The van der Waals surface area contributed by atoms with Gasteiger partial charge in [0.15, 0.2) is 0 Å². The van der Waals surface area contributed by atoms with Gasteiger partial charge in [-0.1, -0.05) is 13.0 Å². The Morgan fingerprint density at radius 2 is 2.10 bits per heavy atom. The van der Waals surface area contributed by atoms with E-state index in [4.69, 9.17) is 5.11 Å². The van der Waals surface area contributed by atoms with Crippen LogP contribution in [0.25, 0.3) is 0 Å². The Kier molecular flexibility index (Phi) is 5.17. The number of carboxylic acids is 1. The second kappa shape index (κ2) is 6.44. The summed E-state index contributed by atoms with van der Waals surface area (Å²) in [5.41, 5.74) is -0.333. The zero-order valence-electron chi connectivity index (χ0n) is 10.7. The number of carboxylic acid groups (broad SMARTS) is 1. The van der Waals surface area contributed by atoms with Gasteiger partial charge in [0.25, 0.3) is 5.69 Å². The minimum Gasteiger partial charge on any atom is -0.481 e. The molecule has 0 heterocycles. The monoisotopic (exact) mass is 302 g/mol. The van der Waals surface area contributed by atoms with Gasteiger partial charge in [-0.2, -0.15) is 4.31 Å². The van der Waals surface area contributed by atoms with E-state index in [9.17, 15) is 23.3 Å². The molecular weight excluding hydrogens is 288 g/mol. The number of hydrogen-bond donors (Lipinski definition) is 1. The van der Waals surface area contributed by atoms with Crippen LogP contribution in [-0.4, -0.2) is 41.8 Å². The van der Waals surface area contributed by atoms with Gasteiger partial charge in [0.05, 0.1) is 16.2 Å². The number of non-ortho nitro benzene ring substituents is 1. The average molecular weight is 302 g/mol. The molecule has 0 radical (unpaired) electrons. The Bertz CT molecular complexity index is 613. The van der Waals surface area contributed by atoms with E-state index in [0.29, 0.717) is 0 Å². The quantitative estimate of drug-likeness (QED) is 0.594. The van der Waals surface area contributed by atoms with E-state index < -0.39 is 20.9 Å². The number of carbonyl (C=O) groups is 1. The third kappa shape index (κ3) is 3.75. The van der Waals surface area contributed by atoms with Crippen molar-refractivity contribution in [1.82, 2.24) is 4.31 Å². The Morgan fingerprint density at radius 3 is 2.60 bits per heavy atom. The van der Waals surface area contributed by atoms with E-state index in [0.717, 1.165) is 10.4 Å². The van der Waals surface area contributed by atoms with Crippen molar-refractivity contribution in [2.45, 2.75) is 18.2 Å². The number of aliphatic carboxylic acids is 1. The topological polar surface area (TPSA) is 118 Å². The van der Waals surface area contributed by atoms with Crippen LogP contribution in [0.4, 0.5) is 5.69 Å². The molecule has 1 aromatic rings. The first-order valence-electron chi connectivity index (χ1n) is 5.75. The number of sulfonamides is 1. The van der Waals surface area contributed by atoms with Gasteiger partial charge in [-0.05, 0) is 6.07 Å². The van der Waals surface area contributed by atoms with Gasteiger partial charge in [0.1, 0.15) is 0 Å². The zero-order valence-corrected chi connectivity index (χ0v) is 11.5. The average Bonchev–Trinajstić information content (AvgIpc) is 2.39. The summed E-state index contributed by atoms with van der Waals surface area (Å²) in [4.78, 5) is 20.3. The maximum absolute atomic E-state index is 12.3. The summed E-state index contributed by atoms with van der Waals surface area (Å²) in [7, 11) is -3.94. The molecule has 0 atom stereocenters. The van der Waals surface area contributed by atoms with Gasteiger partial charge in [-0.25, -0.2) is 8.42 Å². The van der Waals surface area contributed by atoms with Crippen molar-refractivity contribution in [3.63, 3.8) is 0 Å². The van der Waals surface area contributed by atoms with Crippen molar-refractivity contribution in [2.24, 2.45) is 0 Å². The van der Waals surface area contributed by atoms with E-state index in [1.165, 1.54) is 18.2 Å². The van der Waals surface area contributed by atoms with E-state index in [2.05, 4.69) is 0 Å². The van der Waals surface area contributed by atoms with Gasteiger partial charge < -0.3 is 5.11 Å². The van der Waals surface area contributed by atoms with Gasteiger partial charge in [0.2, 0.25) is 10.0 Å². The number of hydrogen-bond acceptors (Lipinski definition) is 5. The van der Waals surface area contributed by atoms with Gasteiger partial charge >= 0.3 is 5.97 Å². The molecule has 0 saturated carbocycles. The summed E-state index contributed by atoms with van der Waals surface area (Å²) < 4.78 is 25.5. The van der Waals surface area contributed by atoms with Crippen LogP contribution in [0.3, 0.4) is 0 Å². The predicted molar refractivity (Wildman–Crippen MR) is 69.8 cm³/mol. The van der Waals surface area contributed by atoms with Crippen molar-refractivity contribution in [1.29, 1.82) is 0 Å². The first-order chi connectivity index (χ1) is 9.28. The molecule has 0 unspecified atom stereocenters. The van der Waals surface area contributed by atoms with Crippen molar-refractivity contribution in [2.75, 3.05) is 13.1 Å². The molecule has 0 amide bonds. The molecule has 0 aromatic heterocycles. The van der Waals surface area contributed by atoms with E-state index in [-0.39, 0.29) is 30.1 Å². The van der Waals surface area contributed by atoms with Crippen LogP contribution in [0.5, 0.6) is 0 Å². The van der Waals surface area contributed by atoms with Crippen LogP contribution in [0.1, 0.15) is 13.3 Å². The number of rotatable bonds is 7.